The minimum atomic E-state index is -3.10. The van der Waals surface area contributed by atoms with Crippen molar-refractivity contribution in [1.82, 2.24) is 14.9 Å². The molecule has 0 bridgehead atoms. The van der Waals surface area contributed by atoms with Crippen LogP contribution in [0.25, 0.3) is 0 Å². The van der Waals surface area contributed by atoms with Gasteiger partial charge in [0.15, 0.2) is 0 Å². The van der Waals surface area contributed by atoms with Crippen LogP contribution in [0.2, 0.25) is 0 Å². The molecule has 1 unspecified atom stereocenters. The van der Waals surface area contributed by atoms with Gasteiger partial charge in [0.05, 0.1) is 5.75 Å². The monoisotopic (exact) mass is 291 g/mol. The summed E-state index contributed by atoms with van der Waals surface area (Å²) < 4.78 is 26.4. The number of hydrogen-bond donors (Lipinski definition) is 2. The van der Waals surface area contributed by atoms with Gasteiger partial charge in [-0.3, -0.25) is 0 Å². The Labute approximate surface area is 118 Å². The molecule has 6 heteroatoms. The zero-order valence-electron chi connectivity index (χ0n) is 12.5. The summed E-state index contributed by atoms with van der Waals surface area (Å²) in [5.41, 5.74) is 0. The predicted octanol–water partition coefficient (Wildman–Crippen LogP) is 0.636. The highest BCUT2D eigenvalue weighted by Gasteiger charge is 2.19. The molecule has 1 atom stereocenters. The summed E-state index contributed by atoms with van der Waals surface area (Å²) in [7, 11) is -1.01. The van der Waals surface area contributed by atoms with E-state index in [-0.39, 0.29) is 5.75 Å². The normalized spacial score (nSPS) is 22.0. The average molecular weight is 291 g/mol. The first kappa shape index (κ1) is 16.9. The molecule has 0 saturated carbocycles. The Morgan fingerprint density at radius 2 is 2.11 bits per heavy atom. The Kier molecular flexibility index (Phi) is 7.28. The number of hydrogen-bond acceptors (Lipinski definition) is 4. The second kappa shape index (κ2) is 8.19. The third-order valence-electron chi connectivity index (χ3n) is 3.46. The maximum absolute atomic E-state index is 11.8. The van der Waals surface area contributed by atoms with E-state index in [2.05, 4.69) is 35.8 Å². The van der Waals surface area contributed by atoms with Gasteiger partial charge in [-0.15, -0.1) is 0 Å². The van der Waals surface area contributed by atoms with Crippen molar-refractivity contribution >= 4 is 10.0 Å². The van der Waals surface area contributed by atoms with Crippen LogP contribution in [0.1, 0.15) is 33.1 Å². The molecule has 0 aromatic rings. The van der Waals surface area contributed by atoms with Crippen molar-refractivity contribution in [2.75, 3.05) is 39.0 Å². The number of likely N-dealkylation sites (tertiary alicyclic amines) is 1. The molecule has 1 aliphatic heterocycles. The summed E-state index contributed by atoms with van der Waals surface area (Å²) in [4.78, 5) is 2.27. The van der Waals surface area contributed by atoms with Crippen LogP contribution in [0.4, 0.5) is 0 Å². The number of nitrogens with one attached hydrogen (secondary N) is 2. The van der Waals surface area contributed by atoms with Gasteiger partial charge in [-0.25, -0.2) is 13.1 Å². The molecule has 0 spiro atoms. The van der Waals surface area contributed by atoms with E-state index in [0.717, 1.165) is 26.1 Å². The van der Waals surface area contributed by atoms with Gasteiger partial charge in [0.2, 0.25) is 10.0 Å². The van der Waals surface area contributed by atoms with Crippen LogP contribution in [-0.4, -0.2) is 58.3 Å². The minimum Gasteiger partial charge on any atom is -0.314 e. The summed E-state index contributed by atoms with van der Waals surface area (Å²) in [6.45, 7) is 7.59. The van der Waals surface area contributed by atoms with E-state index < -0.39 is 10.0 Å². The molecule has 1 aliphatic rings. The van der Waals surface area contributed by atoms with Crippen molar-refractivity contribution in [2.24, 2.45) is 5.92 Å². The fraction of sp³-hybridized carbons (Fsp3) is 1.00. The molecule has 1 rings (SSSR count). The standard InChI is InChI=1S/C13H29N3O2S/c1-12(2)14-7-5-9-19(17,18)15-10-13-6-4-8-16(3)11-13/h12-15H,4-11H2,1-3H3. The lowest BCUT2D eigenvalue weighted by Gasteiger charge is -2.29. The second-order valence-corrected chi connectivity index (χ2v) is 7.83. The molecule has 1 saturated heterocycles. The summed E-state index contributed by atoms with van der Waals surface area (Å²) in [5, 5.41) is 3.23. The van der Waals surface area contributed by atoms with E-state index in [1.807, 2.05) is 0 Å². The molecule has 0 aromatic carbocycles. The molecule has 0 aliphatic carbocycles. The zero-order chi connectivity index (χ0) is 14.3. The van der Waals surface area contributed by atoms with Gasteiger partial charge in [-0.05, 0) is 45.3 Å². The highest BCUT2D eigenvalue weighted by atomic mass is 32.2. The summed E-state index contributed by atoms with van der Waals surface area (Å²) in [5.74, 6) is 0.678. The first-order valence-corrected chi connectivity index (χ1v) is 8.93. The van der Waals surface area contributed by atoms with E-state index >= 15 is 0 Å². The second-order valence-electron chi connectivity index (χ2n) is 5.90. The van der Waals surface area contributed by atoms with Gasteiger partial charge in [-0.1, -0.05) is 13.8 Å². The first-order chi connectivity index (χ1) is 8.89. The molecule has 19 heavy (non-hydrogen) atoms. The molecule has 114 valence electrons. The van der Waals surface area contributed by atoms with Gasteiger partial charge in [0.1, 0.15) is 0 Å². The summed E-state index contributed by atoms with van der Waals surface area (Å²) in [6.07, 6.45) is 2.96. The first-order valence-electron chi connectivity index (χ1n) is 7.28. The van der Waals surface area contributed by atoms with Gasteiger partial charge in [0.25, 0.3) is 0 Å². The number of piperidine rings is 1. The highest BCUT2D eigenvalue weighted by molar-refractivity contribution is 7.89. The molecule has 0 amide bonds. The van der Waals surface area contributed by atoms with E-state index in [4.69, 9.17) is 0 Å². The smallest absolute Gasteiger partial charge is 0.211 e. The quantitative estimate of drug-likeness (QED) is 0.644. The van der Waals surface area contributed by atoms with Crippen LogP contribution in [0, 0.1) is 5.92 Å². The number of nitrogens with zero attached hydrogens (tertiary/aromatic N) is 1. The molecule has 2 N–H and O–H groups in total. The molecule has 0 radical (unpaired) electrons. The van der Waals surface area contributed by atoms with E-state index in [1.54, 1.807) is 0 Å². The SMILES string of the molecule is CC(C)NCCCS(=O)(=O)NCC1CCCN(C)C1. The van der Waals surface area contributed by atoms with Crippen molar-refractivity contribution in [2.45, 2.75) is 39.2 Å². The molecule has 5 nitrogen and oxygen atoms in total. The van der Waals surface area contributed by atoms with Crippen LogP contribution in [0.5, 0.6) is 0 Å². The number of rotatable bonds is 8. The lowest BCUT2D eigenvalue weighted by molar-refractivity contribution is 0.211. The fourth-order valence-electron chi connectivity index (χ4n) is 2.41. The van der Waals surface area contributed by atoms with Crippen LogP contribution in [0.15, 0.2) is 0 Å². The average Bonchev–Trinajstić information content (AvgIpc) is 2.32. The van der Waals surface area contributed by atoms with Gasteiger partial charge in [0, 0.05) is 19.1 Å². The van der Waals surface area contributed by atoms with Crippen molar-refractivity contribution < 1.29 is 8.42 Å². The Morgan fingerprint density at radius 3 is 2.74 bits per heavy atom. The maximum atomic E-state index is 11.8. The lowest BCUT2D eigenvalue weighted by Crippen LogP contribution is -2.40. The van der Waals surface area contributed by atoms with Crippen molar-refractivity contribution in [3.63, 3.8) is 0 Å². The minimum absolute atomic E-state index is 0.218. The van der Waals surface area contributed by atoms with E-state index in [9.17, 15) is 8.42 Å². The fourth-order valence-corrected chi connectivity index (χ4v) is 3.57. The Hall–Kier alpha value is -0.170. The molecule has 0 aromatic heterocycles. The molecular weight excluding hydrogens is 262 g/mol. The van der Waals surface area contributed by atoms with E-state index in [0.29, 0.717) is 24.9 Å². The van der Waals surface area contributed by atoms with Crippen molar-refractivity contribution in [3.05, 3.63) is 0 Å². The Bertz CT molecular complexity index is 344. The zero-order valence-corrected chi connectivity index (χ0v) is 13.3. The van der Waals surface area contributed by atoms with Gasteiger partial charge >= 0.3 is 0 Å². The van der Waals surface area contributed by atoms with E-state index in [1.165, 1.54) is 6.42 Å². The largest absolute Gasteiger partial charge is 0.314 e. The summed E-state index contributed by atoms with van der Waals surface area (Å²) >= 11 is 0. The molecule has 1 heterocycles. The van der Waals surface area contributed by atoms with Crippen LogP contribution in [0.3, 0.4) is 0 Å². The van der Waals surface area contributed by atoms with Crippen LogP contribution >= 0.6 is 0 Å². The number of sulfonamides is 1. The topological polar surface area (TPSA) is 61.4 Å². The van der Waals surface area contributed by atoms with Crippen LogP contribution in [-0.2, 0) is 10.0 Å². The Balaban J connectivity index is 2.19. The van der Waals surface area contributed by atoms with Crippen LogP contribution < -0.4 is 10.0 Å². The van der Waals surface area contributed by atoms with Gasteiger partial charge in [-0.2, -0.15) is 0 Å². The maximum Gasteiger partial charge on any atom is 0.211 e. The lowest BCUT2D eigenvalue weighted by atomic mass is 9.99. The van der Waals surface area contributed by atoms with Crippen molar-refractivity contribution in [1.29, 1.82) is 0 Å². The molecule has 1 fully saturated rings. The van der Waals surface area contributed by atoms with Crippen molar-refractivity contribution in [3.8, 4) is 0 Å². The summed E-state index contributed by atoms with van der Waals surface area (Å²) in [6, 6.07) is 0.411. The third-order valence-corrected chi connectivity index (χ3v) is 4.89. The third kappa shape index (κ3) is 7.87. The predicted molar refractivity (Wildman–Crippen MR) is 79.8 cm³/mol. The Morgan fingerprint density at radius 1 is 1.37 bits per heavy atom. The molecular formula is C13H29N3O2S. The highest BCUT2D eigenvalue weighted by Crippen LogP contribution is 2.14. The van der Waals surface area contributed by atoms with Gasteiger partial charge < -0.3 is 10.2 Å².